The third-order valence-electron chi connectivity index (χ3n) is 2.93. The van der Waals surface area contributed by atoms with Crippen LogP contribution in [0.25, 0.3) is 0 Å². The lowest BCUT2D eigenvalue weighted by molar-refractivity contribution is -0.385. The number of nitrogens with zero attached hydrogens (tertiary/aromatic N) is 3. The van der Waals surface area contributed by atoms with Crippen LogP contribution in [0.3, 0.4) is 0 Å². The van der Waals surface area contributed by atoms with E-state index in [1.165, 1.54) is 6.92 Å². The number of aromatic nitrogens is 2. The number of ether oxygens (including phenoxy) is 1. The minimum absolute atomic E-state index is 0.00956. The van der Waals surface area contributed by atoms with Gasteiger partial charge in [-0.3, -0.25) is 10.1 Å². The molecule has 0 radical (unpaired) electrons. The Morgan fingerprint density at radius 1 is 1.63 bits per heavy atom. The van der Waals surface area contributed by atoms with Gasteiger partial charge in [0.15, 0.2) is 0 Å². The summed E-state index contributed by atoms with van der Waals surface area (Å²) >= 11 is 0. The van der Waals surface area contributed by atoms with Gasteiger partial charge in [-0.05, 0) is 6.92 Å². The first kappa shape index (κ1) is 13.4. The third-order valence-corrected chi connectivity index (χ3v) is 2.93. The maximum Gasteiger partial charge on any atom is 0.332 e. The van der Waals surface area contributed by atoms with E-state index in [2.05, 4.69) is 15.3 Å². The van der Waals surface area contributed by atoms with Gasteiger partial charge < -0.3 is 20.9 Å². The highest BCUT2D eigenvalue weighted by Crippen LogP contribution is 2.27. The number of nitrogens with one attached hydrogen (secondary N) is 1. The Kier molecular flexibility index (Phi) is 3.49. The Labute approximate surface area is 109 Å². The fourth-order valence-electron chi connectivity index (χ4n) is 1.91. The van der Waals surface area contributed by atoms with Crippen LogP contribution < -0.4 is 11.1 Å². The Balaban J connectivity index is 2.21. The van der Waals surface area contributed by atoms with Gasteiger partial charge in [-0.15, -0.1) is 0 Å². The lowest BCUT2D eigenvalue weighted by Gasteiger charge is -2.21. The minimum Gasteiger partial charge on any atom is -0.386 e. The number of hydrogen-bond donors (Lipinski definition) is 3. The average Bonchev–Trinajstić information content (AvgIpc) is 2.72. The van der Waals surface area contributed by atoms with Crippen molar-refractivity contribution < 1.29 is 14.8 Å². The molecule has 1 atom stereocenters. The second kappa shape index (κ2) is 4.94. The van der Waals surface area contributed by atoms with E-state index in [-0.39, 0.29) is 36.3 Å². The second-order valence-corrected chi connectivity index (χ2v) is 4.50. The third kappa shape index (κ3) is 2.88. The molecule has 1 aliphatic rings. The van der Waals surface area contributed by atoms with E-state index in [1.807, 2.05) is 0 Å². The van der Waals surface area contributed by atoms with Crippen LogP contribution in [0.5, 0.6) is 0 Å². The van der Waals surface area contributed by atoms with Crippen LogP contribution in [0.2, 0.25) is 0 Å². The fourth-order valence-corrected chi connectivity index (χ4v) is 1.91. The van der Waals surface area contributed by atoms with E-state index in [0.717, 1.165) is 0 Å². The van der Waals surface area contributed by atoms with Crippen LogP contribution in [0.4, 0.5) is 17.5 Å². The summed E-state index contributed by atoms with van der Waals surface area (Å²) in [6.45, 7) is 2.23. The van der Waals surface area contributed by atoms with Crippen LogP contribution in [0.1, 0.15) is 12.1 Å². The van der Waals surface area contributed by atoms with Gasteiger partial charge in [0, 0.05) is 19.6 Å². The van der Waals surface area contributed by atoms with Crippen LogP contribution in [0, 0.1) is 17.0 Å². The number of nitro groups is 1. The number of aliphatic hydroxyl groups is 1. The molecule has 19 heavy (non-hydrogen) atoms. The molecular formula is C10H15N5O4. The van der Waals surface area contributed by atoms with E-state index in [4.69, 9.17) is 10.5 Å². The monoisotopic (exact) mass is 269 g/mol. The lowest BCUT2D eigenvalue weighted by Crippen LogP contribution is -2.37. The van der Waals surface area contributed by atoms with E-state index < -0.39 is 10.5 Å². The maximum atomic E-state index is 11.0. The van der Waals surface area contributed by atoms with Crippen molar-refractivity contribution in [1.82, 2.24) is 9.97 Å². The SMILES string of the molecule is Cc1nc(N)nc(NCC2(O)CCOC2)c1[N+](=O)[O-]. The molecule has 1 aliphatic heterocycles. The summed E-state index contributed by atoms with van der Waals surface area (Å²) in [5, 5.41) is 23.8. The molecule has 1 saturated heterocycles. The molecule has 1 aromatic rings. The van der Waals surface area contributed by atoms with Crippen molar-refractivity contribution in [2.45, 2.75) is 18.9 Å². The molecule has 0 aromatic carbocycles. The van der Waals surface area contributed by atoms with Crippen LogP contribution >= 0.6 is 0 Å². The van der Waals surface area contributed by atoms with Gasteiger partial charge in [0.1, 0.15) is 11.3 Å². The number of hydrogen-bond acceptors (Lipinski definition) is 8. The molecule has 2 heterocycles. The predicted octanol–water partition coefficient (Wildman–Crippen LogP) is -0.161. The molecule has 0 saturated carbocycles. The molecule has 1 unspecified atom stereocenters. The Morgan fingerprint density at radius 2 is 2.37 bits per heavy atom. The molecular weight excluding hydrogens is 254 g/mol. The van der Waals surface area contributed by atoms with Gasteiger partial charge >= 0.3 is 5.69 Å². The molecule has 4 N–H and O–H groups in total. The molecule has 0 aliphatic carbocycles. The Morgan fingerprint density at radius 3 is 2.95 bits per heavy atom. The molecule has 104 valence electrons. The van der Waals surface area contributed by atoms with Crippen LogP contribution in [0.15, 0.2) is 0 Å². The Bertz CT molecular complexity index is 501. The minimum atomic E-state index is -1.04. The first-order chi connectivity index (χ1) is 8.91. The number of rotatable bonds is 4. The van der Waals surface area contributed by atoms with E-state index in [9.17, 15) is 15.2 Å². The zero-order chi connectivity index (χ0) is 14.0. The second-order valence-electron chi connectivity index (χ2n) is 4.50. The average molecular weight is 269 g/mol. The summed E-state index contributed by atoms with van der Waals surface area (Å²) in [7, 11) is 0. The molecule has 0 amide bonds. The fraction of sp³-hybridized carbons (Fsp3) is 0.600. The highest BCUT2D eigenvalue weighted by Gasteiger charge is 2.33. The molecule has 2 rings (SSSR count). The summed E-state index contributed by atoms with van der Waals surface area (Å²) in [6.07, 6.45) is 0.466. The standard InChI is InChI=1S/C10H15N5O4/c1-6-7(15(17)18)8(14-9(11)13-6)12-4-10(16)2-3-19-5-10/h16H,2-5H2,1H3,(H3,11,12,13,14). The van der Waals surface area contributed by atoms with E-state index in [0.29, 0.717) is 13.0 Å². The first-order valence-electron chi connectivity index (χ1n) is 5.74. The molecule has 9 heteroatoms. The van der Waals surface area contributed by atoms with Crippen molar-refractivity contribution in [1.29, 1.82) is 0 Å². The molecule has 1 fully saturated rings. The van der Waals surface area contributed by atoms with Gasteiger partial charge in [0.25, 0.3) is 0 Å². The molecule has 9 nitrogen and oxygen atoms in total. The number of nitrogen functional groups attached to an aromatic ring is 1. The van der Waals surface area contributed by atoms with Gasteiger partial charge in [0.05, 0.1) is 11.5 Å². The number of nitrogens with two attached hydrogens (primary N) is 1. The van der Waals surface area contributed by atoms with Gasteiger partial charge in [-0.2, -0.15) is 4.98 Å². The summed E-state index contributed by atoms with van der Waals surface area (Å²) in [4.78, 5) is 18.0. The van der Waals surface area contributed by atoms with Crippen molar-refractivity contribution in [3.05, 3.63) is 15.8 Å². The quantitative estimate of drug-likeness (QED) is 0.506. The van der Waals surface area contributed by atoms with Crippen molar-refractivity contribution in [2.24, 2.45) is 0 Å². The molecule has 0 bridgehead atoms. The van der Waals surface area contributed by atoms with Crippen molar-refractivity contribution in [3.63, 3.8) is 0 Å². The Hall–Kier alpha value is -2.00. The number of aryl methyl sites for hydroxylation is 1. The normalized spacial score (nSPS) is 22.4. The van der Waals surface area contributed by atoms with E-state index >= 15 is 0 Å². The summed E-state index contributed by atoms with van der Waals surface area (Å²) < 4.78 is 5.09. The number of anilines is 2. The topological polar surface area (TPSA) is 136 Å². The van der Waals surface area contributed by atoms with E-state index in [1.54, 1.807) is 0 Å². The predicted molar refractivity (Wildman–Crippen MR) is 66.7 cm³/mol. The van der Waals surface area contributed by atoms with Gasteiger partial charge in [-0.25, -0.2) is 4.98 Å². The highest BCUT2D eigenvalue weighted by atomic mass is 16.6. The lowest BCUT2D eigenvalue weighted by atomic mass is 10.0. The summed E-state index contributed by atoms with van der Waals surface area (Å²) in [6, 6.07) is 0. The zero-order valence-electron chi connectivity index (χ0n) is 10.4. The van der Waals surface area contributed by atoms with Crippen molar-refractivity contribution in [2.75, 3.05) is 30.8 Å². The van der Waals surface area contributed by atoms with Crippen LogP contribution in [-0.4, -0.2) is 45.4 Å². The van der Waals surface area contributed by atoms with Crippen molar-refractivity contribution >= 4 is 17.5 Å². The first-order valence-corrected chi connectivity index (χ1v) is 5.74. The molecule has 0 spiro atoms. The van der Waals surface area contributed by atoms with Crippen LogP contribution in [-0.2, 0) is 4.74 Å². The highest BCUT2D eigenvalue weighted by molar-refractivity contribution is 5.60. The molecule has 1 aromatic heterocycles. The largest absolute Gasteiger partial charge is 0.386 e. The van der Waals surface area contributed by atoms with Crippen molar-refractivity contribution in [3.8, 4) is 0 Å². The summed E-state index contributed by atoms with van der Waals surface area (Å²) in [5.41, 5.74) is 4.37. The summed E-state index contributed by atoms with van der Waals surface area (Å²) in [5.74, 6) is -0.0458. The maximum absolute atomic E-state index is 11.0. The smallest absolute Gasteiger partial charge is 0.332 e. The van der Waals surface area contributed by atoms with Gasteiger partial charge in [0.2, 0.25) is 11.8 Å². The van der Waals surface area contributed by atoms with Gasteiger partial charge in [-0.1, -0.05) is 0 Å². The zero-order valence-corrected chi connectivity index (χ0v) is 10.4.